The van der Waals surface area contributed by atoms with Crippen LogP contribution in [0, 0.1) is 0 Å². The van der Waals surface area contributed by atoms with Gasteiger partial charge in [0.1, 0.15) is 0 Å². The van der Waals surface area contributed by atoms with Gasteiger partial charge in [0, 0.05) is 30.0 Å². The summed E-state index contributed by atoms with van der Waals surface area (Å²) in [4.78, 5) is 6.65. The predicted octanol–water partition coefficient (Wildman–Crippen LogP) is 3.14. The van der Waals surface area contributed by atoms with E-state index < -0.39 is 0 Å². The normalized spacial score (nSPS) is 10.3. The van der Waals surface area contributed by atoms with Crippen LogP contribution in [0.4, 0.5) is 5.13 Å². The molecule has 1 aromatic rings. The fraction of sp³-hybridized carbons (Fsp3) is 0.667. The molecule has 0 fully saturated rings. The Morgan fingerprint density at radius 2 is 2.38 bits per heavy atom. The van der Waals surface area contributed by atoms with Crippen LogP contribution in [0.1, 0.15) is 19.8 Å². The van der Waals surface area contributed by atoms with Crippen LogP contribution in [-0.2, 0) is 0 Å². The maximum Gasteiger partial charge on any atom is 0.185 e. The lowest BCUT2D eigenvalue weighted by Crippen LogP contribution is -2.26. The van der Waals surface area contributed by atoms with Crippen molar-refractivity contribution < 1.29 is 0 Å². The average Bonchev–Trinajstić information content (AvgIpc) is 2.65. The molecule has 74 valence electrons. The summed E-state index contributed by atoms with van der Waals surface area (Å²) in [6.45, 7) is 4.39. The van der Waals surface area contributed by atoms with Crippen LogP contribution >= 0.6 is 27.3 Å². The number of halogens is 1. The third kappa shape index (κ3) is 3.65. The lowest BCUT2D eigenvalue weighted by atomic mass is 10.3. The highest BCUT2D eigenvalue weighted by Gasteiger charge is 2.06. The molecule has 13 heavy (non-hydrogen) atoms. The van der Waals surface area contributed by atoms with Gasteiger partial charge in [-0.1, -0.05) is 29.3 Å². The van der Waals surface area contributed by atoms with Crippen LogP contribution in [0.15, 0.2) is 11.6 Å². The minimum absolute atomic E-state index is 1.01. The average molecular weight is 263 g/mol. The third-order valence-electron chi connectivity index (χ3n) is 1.83. The first-order chi connectivity index (χ1) is 6.38. The Bertz CT molecular complexity index is 213. The lowest BCUT2D eigenvalue weighted by Gasteiger charge is -2.19. The molecule has 0 amide bonds. The van der Waals surface area contributed by atoms with E-state index in [0.717, 1.165) is 23.6 Å². The van der Waals surface area contributed by atoms with E-state index in [9.17, 15) is 0 Å². The van der Waals surface area contributed by atoms with Crippen molar-refractivity contribution in [2.45, 2.75) is 19.8 Å². The molecule has 0 aliphatic carbocycles. The molecule has 0 spiro atoms. The van der Waals surface area contributed by atoms with E-state index in [-0.39, 0.29) is 0 Å². The molecular weight excluding hydrogens is 248 g/mol. The molecule has 1 heterocycles. The Labute approximate surface area is 92.1 Å². The number of rotatable bonds is 6. The minimum atomic E-state index is 1.01. The number of unbranched alkanes of at least 4 members (excludes halogenated alkanes) is 1. The standard InChI is InChI=1S/C9H15BrN2S/c1-2-3-6-12(7-4-10)9-11-5-8-13-9/h5,8H,2-4,6-7H2,1H3. The van der Waals surface area contributed by atoms with Crippen molar-refractivity contribution in [2.75, 3.05) is 23.3 Å². The van der Waals surface area contributed by atoms with Gasteiger partial charge in [-0.15, -0.1) is 11.3 Å². The Morgan fingerprint density at radius 1 is 1.54 bits per heavy atom. The van der Waals surface area contributed by atoms with E-state index in [0.29, 0.717) is 0 Å². The first kappa shape index (κ1) is 11.0. The molecule has 0 bridgehead atoms. The van der Waals surface area contributed by atoms with E-state index in [1.54, 1.807) is 11.3 Å². The number of hydrogen-bond acceptors (Lipinski definition) is 3. The first-order valence-corrected chi connectivity index (χ1v) is 6.59. The number of aromatic nitrogens is 1. The van der Waals surface area contributed by atoms with Gasteiger partial charge in [-0.05, 0) is 6.42 Å². The SMILES string of the molecule is CCCCN(CCBr)c1nccs1. The topological polar surface area (TPSA) is 16.1 Å². The molecule has 1 rings (SSSR count). The van der Waals surface area contributed by atoms with Crippen molar-refractivity contribution >= 4 is 32.4 Å². The molecule has 0 atom stereocenters. The van der Waals surface area contributed by atoms with Crippen molar-refractivity contribution in [3.8, 4) is 0 Å². The minimum Gasteiger partial charge on any atom is -0.347 e. The van der Waals surface area contributed by atoms with Gasteiger partial charge in [-0.2, -0.15) is 0 Å². The fourth-order valence-electron chi connectivity index (χ4n) is 1.13. The number of anilines is 1. The van der Waals surface area contributed by atoms with Crippen molar-refractivity contribution in [3.63, 3.8) is 0 Å². The van der Waals surface area contributed by atoms with Gasteiger partial charge in [-0.3, -0.25) is 0 Å². The van der Waals surface area contributed by atoms with E-state index in [4.69, 9.17) is 0 Å². The fourth-order valence-corrected chi connectivity index (χ4v) is 2.25. The van der Waals surface area contributed by atoms with Crippen molar-refractivity contribution in [1.82, 2.24) is 4.98 Å². The van der Waals surface area contributed by atoms with Crippen LogP contribution in [0.2, 0.25) is 0 Å². The van der Waals surface area contributed by atoms with Gasteiger partial charge in [-0.25, -0.2) is 4.98 Å². The monoisotopic (exact) mass is 262 g/mol. The van der Waals surface area contributed by atoms with Gasteiger partial charge < -0.3 is 4.90 Å². The van der Waals surface area contributed by atoms with Gasteiger partial charge in [0.05, 0.1) is 0 Å². The first-order valence-electron chi connectivity index (χ1n) is 4.59. The molecular formula is C9H15BrN2S. The highest BCUT2D eigenvalue weighted by atomic mass is 79.9. The second-order valence-corrected chi connectivity index (χ2v) is 4.51. The van der Waals surface area contributed by atoms with E-state index in [2.05, 4.69) is 32.7 Å². The molecule has 4 heteroatoms. The Kier molecular flexibility index (Phi) is 5.39. The number of hydrogen-bond donors (Lipinski definition) is 0. The highest BCUT2D eigenvalue weighted by Crippen LogP contribution is 2.17. The molecule has 0 unspecified atom stereocenters. The summed E-state index contributed by atoms with van der Waals surface area (Å²) in [5.74, 6) is 0. The second-order valence-electron chi connectivity index (χ2n) is 2.84. The molecule has 0 saturated carbocycles. The molecule has 0 N–H and O–H groups in total. The summed E-state index contributed by atoms with van der Waals surface area (Å²) < 4.78 is 0. The van der Waals surface area contributed by atoms with E-state index in [1.807, 2.05) is 11.6 Å². The zero-order valence-corrected chi connectivity index (χ0v) is 10.3. The van der Waals surface area contributed by atoms with Crippen LogP contribution in [0.25, 0.3) is 0 Å². The predicted molar refractivity (Wildman–Crippen MR) is 63.0 cm³/mol. The lowest BCUT2D eigenvalue weighted by molar-refractivity contribution is 0.733. The number of nitrogens with zero attached hydrogens (tertiary/aromatic N) is 2. The van der Waals surface area contributed by atoms with Crippen LogP contribution in [0.5, 0.6) is 0 Å². The van der Waals surface area contributed by atoms with Crippen LogP contribution in [-0.4, -0.2) is 23.4 Å². The molecule has 1 aromatic heterocycles. The van der Waals surface area contributed by atoms with Crippen molar-refractivity contribution in [3.05, 3.63) is 11.6 Å². The van der Waals surface area contributed by atoms with Crippen LogP contribution in [0.3, 0.4) is 0 Å². The quantitative estimate of drug-likeness (QED) is 0.733. The summed E-state index contributed by atoms with van der Waals surface area (Å²) >= 11 is 5.18. The third-order valence-corrected chi connectivity index (χ3v) is 3.01. The Hall–Kier alpha value is -0.0900. The molecule has 0 radical (unpaired) electrons. The second kappa shape index (κ2) is 6.38. The maximum absolute atomic E-state index is 4.31. The molecule has 0 aromatic carbocycles. The van der Waals surface area contributed by atoms with Gasteiger partial charge in [0.2, 0.25) is 0 Å². The summed E-state index contributed by atoms with van der Waals surface area (Å²) in [5, 5.41) is 4.19. The Balaban J connectivity index is 2.47. The smallest absolute Gasteiger partial charge is 0.185 e. The van der Waals surface area contributed by atoms with Crippen molar-refractivity contribution in [1.29, 1.82) is 0 Å². The summed E-state index contributed by atoms with van der Waals surface area (Å²) in [6, 6.07) is 0. The molecule has 2 nitrogen and oxygen atoms in total. The summed E-state index contributed by atoms with van der Waals surface area (Å²) in [7, 11) is 0. The molecule has 0 saturated heterocycles. The molecule has 0 aliphatic rings. The maximum atomic E-state index is 4.31. The largest absolute Gasteiger partial charge is 0.347 e. The number of thiazole rings is 1. The van der Waals surface area contributed by atoms with Gasteiger partial charge in [0.25, 0.3) is 0 Å². The van der Waals surface area contributed by atoms with E-state index in [1.165, 1.54) is 12.8 Å². The van der Waals surface area contributed by atoms with E-state index >= 15 is 0 Å². The number of alkyl halides is 1. The summed E-state index contributed by atoms with van der Waals surface area (Å²) in [5.41, 5.74) is 0. The van der Waals surface area contributed by atoms with Gasteiger partial charge >= 0.3 is 0 Å². The Morgan fingerprint density at radius 3 is 2.92 bits per heavy atom. The zero-order valence-electron chi connectivity index (χ0n) is 7.87. The van der Waals surface area contributed by atoms with Crippen LogP contribution < -0.4 is 4.90 Å². The van der Waals surface area contributed by atoms with Gasteiger partial charge in [0.15, 0.2) is 5.13 Å². The zero-order chi connectivity index (χ0) is 9.52. The molecule has 0 aliphatic heterocycles. The van der Waals surface area contributed by atoms with Crippen molar-refractivity contribution in [2.24, 2.45) is 0 Å². The highest BCUT2D eigenvalue weighted by molar-refractivity contribution is 9.09. The summed E-state index contributed by atoms with van der Waals surface area (Å²) in [6.07, 6.45) is 4.35.